The summed E-state index contributed by atoms with van der Waals surface area (Å²) < 4.78 is 22.4. The van der Waals surface area contributed by atoms with E-state index in [1.54, 1.807) is 30.3 Å². The van der Waals surface area contributed by atoms with Crippen LogP contribution in [0.3, 0.4) is 0 Å². The number of nitrogens with zero attached hydrogens (tertiary/aromatic N) is 1. The van der Waals surface area contributed by atoms with Crippen LogP contribution in [0.4, 0.5) is 0 Å². The first-order valence-electron chi connectivity index (χ1n) is 3.86. The largest absolute Gasteiger partial charge is 0.276 e. The van der Waals surface area contributed by atoms with E-state index in [9.17, 15) is 8.42 Å². The van der Waals surface area contributed by atoms with Crippen molar-refractivity contribution in [1.82, 2.24) is 4.63 Å². The molecule has 0 amide bonds. The predicted molar refractivity (Wildman–Crippen MR) is 49.7 cm³/mol. The summed E-state index contributed by atoms with van der Waals surface area (Å²) >= 11 is 0. The third-order valence-corrected chi connectivity index (χ3v) is 2.91. The van der Waals surface area contributed by atoms with Crippen LogP contribution in [0.1, 0.15) is 5.56 Å². The first kappa shape index (κ1) is 11.1. The number of hydrogen-bond acceptors (Lipinski definition) is 4. The second-order valence-electron chi connectivity index (χ2n) is 2.63. The molecule has 0 aliphatic rings. The first-order valence-corrected chi connectivity index (χ1v) is 5.47. The summed E-state index contributed by atoms with van der Waals surface area (Å²) in [5.74, 6) is -0.293. The molecular formula is C8H11NO4S. The molecule has 1 aromatic carbocycles. The number of benzene rings is 1. The second-order valence-corrected chi connectivity index (χ2v) is 4.40. The molecule has 0 saturated heterocycles. The van der Waals surface area contributed by atoms with E-state index in [4.69, 9.17) is 5.21 Å². The van der Waals surface area contributed by atoms with Crippen LogP contribution in [-0.2, 0) is 20.6 Å². The van der Waals surface area contributed by atoms with Gasteiger partial charge in [-0.1, -0.05) is 30.3 Å². The van der Waals surface area contributed by atoms with E-state index in [0.717, 1.165) is 7.11 Å². The van der Waals surface area contributed by atoms with Gasteiger partial charge in [0.1, 0.15) is 0 Å². The van der Waals surface area contributed by atoms with Crippen molar-refractivity contribution in [3.63, 3.8) is 0 Å². The van der Waals surface area contributed by atoms with Gasteiger partial charge in [0.15, 0.2) is 0 Å². The summed E-state index contributed by atoms with van der Waals surface area (Å²) in [6.45, 7) is 0. The zero-order chi connectivity index (χ0) is 10.6. The fraction of sp³-hybridized carbons (Fsp3) is 0.250. The summed E-state index contributed by atoms with van der Waals surface area (Å²) in [5, 5.41) is 8.87. The fourth-order valence-electron chi connectivity index (χ4n) is 0.954. The molecule has 0 unspecified atom stereocenters. The van der Waals surface area contributed by atoms with Gasteiger partial charge in [0.2, 0.25) is 0 Å². The van der Waals surface area contributed by atoms with Crippen LogP contribution in [0.15, 0.2) is 30.3 Å². The van der Waals surface area contributed by atoms with Gasteiger partial charge in [0.05, 0.1) is 17.5 Å². The highest BCUT2D eigenvalue weighted by Crippen LogP contribution is 2.08. The molecule has 5 nitrogen and oxygen atoms in total. The summed E-state index contributed by atoms with van der Waals surface area (Å²) in [6, 6.07) is 8.53. The maximum Gasteiger partial charge on any atom is 0.263 e. The molecule has 1 N–H and O–H groups in total. The highest BCUT2D eigenvalue weighted by atomic mass is 32.2. The van der Waals surface area contributed by atoms with Gasteiger partial charge in [0.25, 0.3) is 10.0 Å². The monoisotopic (exact) mass is 217 g/mol. The number of sulfonamides is 1. The van der Waals surface area contributed by atoms with Gasteiger partial charge in [0, 0.05) is 0 Å². The molecule has 78 valence electrons. The molecule has 6 heteroatoms. The lowest BCUT2D eigenvalue weighted by molar-refractivity contribution is -0.250. The van der Waals surface area contributed by atoms with Crippen molar-refractivity contribution in [3.8, 4) is 0 Å². The summed E-state index contributed by atoms with van der Waals surface area (Å²) in [6.07, 6.45) is 0. The van der Waals surface area contributed by atoms with Crippen molar-refractivity contribution < 1.29 is 18.5 Å². The smallest absolute Gasteiger partial charge is 0.263 e. The Kier molecular flexibility index (Phi) is 3.59. The molecule has 0 spiro atoms. The molecule has 14 heavy (non-hydrogen) atoms. The highest BCUT2D eigenvalue weighted by Gasteiger charge is 2.20. The predicted octanol–water partition coefficient (Wildman–Crippen LogP) is 0.769. The molecule has 0 aromatic heterocycles. The van der Waals surface area contributed by atoms with Crippen LogP contribution in [-0.4, -0.2) is 25.4 Å². The Balaban J connectivity index is 2.79. The van der Waals surface area contributed by atoms with E-state index < -0.39 is 10.0 Å². The van der Waals surface area contributed by atoms with E-state index in [1.165, 1.54) is 0 Å². The van der Waals surface area contributed by atoms with Crippen LogP contribution in [0.25, 0.3) is 0 Å². The molecule has 1 aromatic rings. The average molecular weight is 217 g/mol. The van der Waals surface area contributed by atoms with Gasteiger partial charge in [-0.15, -0.1) is 0 Å². The SMILES string of the molecule is CON(O)S(=O)(=O)Cc1ccccc1. The summed E-state index contributed by atoms with van der Waals surface area (Å²) in [5.41, 5.74) is 0.587. The molecular weight excluding hydrogens is 206 g/mol. The van der Waals surface area contributed by atoms with Crippen LogP contribution in [0, 0.1) is 0 Å². The zero-order valence-corrected chi connectivity index (χ0v) is 8.44. The average Bonchev–Trinajstić information content (AvgIpc) is 2.17. The van der Waals surface area contributed by atoms with Crippen LogP contribution in [0.2, 0.25) is 0 Å². The van der Waals surface area contributed by atoms with E-state index in [1.807, 2.05) is 0 Å². The zero-order valence-electron chi connectivity index (χ0n) is 7.62. The Bertz CT molecular complexity index is 376. The summed E-state index contributed by atoms with van der Waals surface area (Å²) in [4.78, 5) is 4.19. The Morgan fingerprint density at radius 2 is 1.93 bits per heavy atom. The van der Waals surface area contributed by atoms with Gasteiger partial charge in [-0.2, -0.15) is 0 Å². The standard InChI is InChI=1S/C8H11NO4S/c1-13-9(10)14(11,12)7-8-5-3-2-4-6-8/h2-6,10H,7H2,1H3. The molecule has 0 aliphatic carbocycles. The fourth-order valence-corrected chi connectivity index (χ4v) is 1.90. The van der Waals surface area contributed by atoms with Gasteiger partial charge in [-0.3, -0.25) is 10.0 Å². The van der Waals surface area contributed by atoms with Crippen LogP contribution in [0.5, 0.6) is 0 Å². The number of hydrogen-bond donors (Lipinski definition) is 1. The van der Waals surface area contributed by atoms with Crippen molar-refractivity contribution in [1.29, 1.82) is 0 Å². The Hall–Kier alpha value is -0.950. The van der Waals surface area contributed by atoms with Crippen molar-refractivity contribution >= 4 is 10.0 Å². The molecule has 0 radical (unpaired) electrons. The van der Waals surface area contributed by atoms with E-state index in [0.29, 0.717) is 5.56 Å². The summed E-state index contributed by atoms with van der Waals surface area (Å²) in [7, 11) is -2.72. The van der Waals surface area contributed by atoms with Crippen LogP contribution >= 0.6 is 0 Å². The maximum absolute atomic E-state index is 11.3. The third kappa shape index (κ3) is 2.78. The van der Waals surface area contributed by atoms with E-state index in [2.05, 4.69) is 4.84 Å². The quantitative estimate of drug-likeness (QED) is 0.756. The van der Waals surface area contributed by atoms with Gasteiger partial charge < -0.3 is 0 Å². The molecule has 0 atom stereocenters. The topological polar surface area (TPSA) is 66.8 Å². The normalized spacial score (nSPS) is 11.9. The van der Waals surface area contributed by atoms with Crippen molar-refractivity contribution in [2.24, 2.45) is 0 Å². The van der Waals surface area contributed by atoms with Crippen LogP contribution < -0.4 is 0 Å². The van der Waals surface area contributed by atoms with Crippen molar-refractivity contribution in [3.05, 3.63) is 35.9 Å². The third-order valence-electron chi connectivity index (χ3n) is 1.59. The molecule has 0 heterocycles. The minimum atomic E-state index is -3.80. The van der Waals surface area contributed by atoms with E-state index in [-0.39, 0.29) is 10.4 Å². The lowest BCUT2D eigenvalue weighted by atomic mass is 10.2. The van der Waals surface area contributed by atoms with Gasteiger partial charge in [-0.25, -0.2) is 8.42 Å². The lowest BCUT2D eigenvalue weighted by Gasteiger charge is -2.11. The highest BCUT2D eigenvalue weighted by molar-refractivity contribution is 7.88. The van der Waals surface area contributed by atoms with Crippen molar-refractivity contribution in [2.45, 2.75) is 5.75 Å². The Morgan fingerprint density at radius 3 is 2.43 bits per heavy atom. The van der Waals surface area contributed by atoms with Gasteiger partial charge >= 0.3 is 0 Å². The minimum Gasteiger partial charge on any atom is -0.276 e. The molecule has 0 fully saturated rings. The van der Waals surface area contributed by atoms with Gasteiger partial charge in [-0.05, 0) is 5.56 Å². The molecule has 0 bridgehead atoms. The molecule has 0 aliphatic heterocycles. The van der Waals surface area contributed by atoms with Crippen molar-refractivity contribution in [2.75, 3.05) is 7.11 Å². The Morgan fingerprint density at radius 1 is 1.36 bits per heavy atom. The molecule has 1 rings (SSSR count). The maximum atomic E-state index is 11.3. The first-order chi connectivity index (χ1) is 6.56. The lowest BCUT2D eigenvalue weighted by Crippen LogP contribution is -2.27. The molecule has 0 saturated carbocycles. The second kappa shape index (κ2) is 4.52. The number of rotatable bonds is 4. The minimum absolute atomic E-state index is 0.139. The Labute approximate surface area is 82.5 Å². The van der Waals surface area contributed by atoms with E-state index >= 15 is 0 Å².